The van der Waals surface area contributed by atoms with Gasteiger partial charge in [-0.2, -0.15) is 0 Å². The van der Waals surface area contributed by atoms with Gasteiger partial charge < -0.3 is 20.1 Å². The molecule has 2 unspecified atom stereocenters. The molecule has 2 aromatic carbocycles. The Morgan fingerprint density at radius 1 is 1.10 bits per heavy atom. The average Bonchev–Trinajstić information content (AvgIpc) is 2.77. The van der Waals surface area contributed by atoms with E-state index in [9.17, 15) is 0 Å². The number of nitrogens with zero attached hydrogens (tertiary/aromatic N) is 1. The van der Waals surface area contributed by atoms with Gasteiger partial charge in [-0.15, -0.1) is 24.0 Å². The van der Waals surface area contributed by atoms with E-state index in [0.717, 1.165) is 38.5 Å². The van der Waals surface area contributed by atoms with Crippen LogP contribution in [0, 0.1) is 12.8 Å². The van der Waals surface area contributed by atoms with Crippen molar-refractivity contribution < 1.29 is 9.47 Å². The highest BCUT2D eigenvalue weighted by atomic mass is 127. The first-order valence-corrected chi connectivity index (χ1v) is 10.5. The molecule has 164 valence electrons. The van der Waals surface area contributed by atoms with Gasteiger partial charge in [0.05, 0.1) is 19.3 Å². The summed E-state index contributed by atoms with van der Waals surface area (Å²) in [6.45, 7) is 5.77. The molecule has 30 heavy (non-hydrogen) atoms. The van der Waals surface area contributed by atoms with Crippen LogP contribution in [-0.4, -0.2) is 39.3 Å². The summed E-state index contributed by atoms with van der Waals surface area (Å²) in [5.74, 6) is 1.24. The second-order valence-electron chi connectivity index (χ2n) is 7.52. The molecule has 1 fully saturated rings. The van der Waals surface area contributed by atoms with Crippen LogP contribution < -0.4 is 10.6 Å². The molecule has 0 radical (unpaired) electrons. The maximum Gasteiger partial charge on any atom is 0.191 e. The summed E-state index contributed by atoms with van der Waals surface area (Å²) in [6, 6.07) is 18.9. The van der Waals surface area contributed by atoms with Crippen molar-refractivity contribution in [3.05, 3.63) is 71.3 Å². The van der Waals surface area contributed by atoms with Crippen molar-refractivity contribution in [2.45, 2.75) is 32.5 Å². The van der Waals surface area contributed by atoms with Gasteiger partial charge in [-0.3, -0.25) is 4.99 Å². The molecule has 0 spiro atoms. The van der Waals surface area contributed by atoms with Crippen molar-refractivity contribution in [3.63, 3.8) is 0 Å². The lowest BCUT2D eigenvalue weighted by atomic mass is 9.89. The highest BCUT2D eigenvalue weighted by molar-refractivity contribution is 14.0. The van der Waals surface area contributed by atoms with Gasteiger partial charge >= 0.3 is 0 Å². The third-order valence-electron chi connectivity index (χ3n) is 5.26. The summed E-state index contributed by atoms with van der Waals surface area (Å²) >= 11 is 0. The molecule has 5 nitrogen and oxygen atoms in total. The lowest BCUT2D eigenvalue weighted by molar-refractivity contribution is -0.0265. The molecule has 1 aliphatic rings. The molecular weight excluding hydrogens is 489 g/mol. The highest BCUT2D eigenvalue weighted by Crippen LogP contribution is 2.33. The van der Waals surface area contributed by atoms with Crippen LogP contribution in [0.1, 0.15) is 35.6 Å². The lowest BCUT2D eigenvalue weighted by Crippen LogP contribution is -2.42. The monoisotopic (exact) mass is 523 g/mol. The van der Waals surface area contributed by atoms with Crippen LogP contribution >= 0.6 is 24.0 Å². The maximum absolute atomic E-state index is 6.12. The van der Waals surface area contributed by atoms with Crippen LogP contribution in [0.2, 0.25) is 0 Å². The molecule has 1 heterocycles. The summed E-state index contributed by atoms with van der Waals surface area (Å²) < 4.78 is 11.8. The third kappa shape index (κ3) is 7.89. The van der Waals surface area contributed by atoms with Crippen molar-refractivity contribution in [2.75, 3.05) is 33.4 Å². The van der Waals surface area contributed by atoms with Crippen LogP contribution in [0.15, 0.2) is 59.6 Å². The number of hydrogen-bond donors (Lipinski definition) is 2. The number of aryl methyl sites for hydroxylation is 1. The highest BCUT2D eigenvalue weighted by Gasteiger charge is 2.27. The Morgan fingerprint density at radius 3 is 2.60 bits per heavy atom. The molecule has 1 saturated heterocycles. The SMILES string of the molecule is CN=C(NCCOCc1ccccc1)NCC1CCCOC1c1ccc(C)cc1.I. The fourth-order valence-corrected chi connectivity index (χ4v) is 3.63. The number of hydrogen-bond acceptors (Lipinski definition) is 3. The van der Waals surface area contributed by atoms with Crippen molar-refractivity contribution in [2.24, 2.45) is 10.9 Å². The molecule has 0 aromatic heterocycles. The molecule has 0 saturated carbocycles. The van der Waals surface area contributed by atoms with Gasteiger partial charge in [0.2, 0.25) is 0 Å². The normalized spacial score (nSPS) is 19.1. The molecule has 0 bridgehead atoms. The molecule has 3 rings (SSSR count). The van der Waals surface area contributed by atoms with Gasteiger partial charge in [0, 0.05) is 32.7 Å². The molecule has 2 atom stereocenters. The van der Waals surface area contributed by atoms with E-state index in [2.05, 4.69) is 58.9 Å². The Balaban J connectivity index is 0.00000320. The van der Waals surface area contributed by atoms with Gasteiger partial charge in [0.25, 0.3) is 0 Å². The smallest absolute Gasteiger partial charge is 0.191 e. The quantitative estimate of drug-likeness (QED) is 0.232. The fraction of sp³-hybridized carbons (Fsp3) is 0.458. The zero-order valence-electron chi connectivity index (χ0n) is 18.0. The van der Waals surface area contributed by atoms with Crippen molar-refractivity contribution in [1.29, 1.82) is 0 Å². The molecule has 0 aliphatic carbocycles. The van der Waals surface area contributed by atoms with Crippen LogP contribution in [-0.2, 0) is 16.1 Å². The number of nitrogens with one attached hydrogen (secondary N) is 2. The zero-order chi connectivity index (χ0) is 20.3. The van der Waals surface area contributed by atoms with Gasteiger partial charge in [-0.1, -0.05) is 60.2 Å². The van der Waals surface area contributed by atoms with E-state index in [0.29, 0.717) is 19.1 Å². The predicted molar refractivity (Wildman–Crippen MR) is 133 cm³/mol. The van der Waals surface area contributed by atoms with E-state index >= 15 is 0 Å². The van der Waals surface area contributed by atoms with Crippen LogP contribution in [0.3, 0.4) is 0 Å². The van der Waals surface area contributed by atoms with E-state index in [1.165, 1.54) is 16.7 Å². The number of guanidine groups is 1. The molecular formula is C24H34IN3O2. The van der Waals surface area contributed by atoms with E-state index in [1.807, 2.05) is 18.2 Å². The summed E-state index contributed by atoms with van der Waals surface area (Å²) in [5.41, 5.74) is 3.73. The Hall–Kier alpha value is -1.64. The van der Waals surface area contributed by atoms with Gasteiger partial charge in [-0.05, 0) is 30.9 Å². The Labute approximate surface area is 197 Å². The van der Waals surface area contributed by atoms with Crippen molar-refractivity contribution in [3.8, 4) is 0 Å². The summed E-state index contributed by atoms with van der Waals surface area (Å²) in [6.07, 6.45) is 2.40. The Bertz CT molecular complexity index is 753. The number of aliphatic imine (C=N–C) groups is 1. The zero-order valence-corrected chi connectivity index (χ0v) is 20.3. The maximum atomic E-state index is 6.12. The minimum Gasteiger partial charge on any atom is -0.375 e. The van der Waals surface area contributed by atoms with Crippen LogP contribution in [0.4, 0.5) is 0 Å². The third-order valence-corrected chi connectivity index (χ3v) is 5.26. The molecule has 0 amide bonds. The van der Waals surface area contributed by atoms with Crippen LogP contribution in [0.25, 0.3) is 0 Å². The second-order valence-corrected chi connectivity index (χ2v) is 7.52. The number of rotatable bonds is 8. The predicted octanol–water partition coefficient (Wildman–Crippen LogP) is 4.46. The minimum atomic E-state index is 0. The number of benzene rings is 2. The molecule has 6 heteroatoms. The average molecular weight is 523 g/mol. The first kappa shape index (κ1) is 24.6. The molecule has 1 aliphatic heterocycles. The van der Waals surface area contributed by atoms with E-state index in [1.54, 1.807) is 7.05 Å². The van der Waals surface area contributed by atoms with Crippen LogP contribution in [0.5, 0.6) is 0 Å². The van der Waals surface area contributed by atoms with E-state index in [-0.39, 0.29) is 30.1 Å². The van der Waals surface area contributed by atoms with Gasteiger partial charge in [0.15, 0.2) is 5.96 Å². The standard InChI is InChI=1S/C24H33N3O2.HI/c1-19-10-12-21(13-11-19)23-22(9-6-15-29-23)17-27-24(25-2)26-14-16-28-18-20-7-4-3-5-8-20;/h3-5,7-8,10-13,22-23H,6,9,14-18H2,1-2H3,(H2,25,26,27);1H. The minimum absolute atomic E-state index is 0. The topological polar surface area (TPSA) is 54.9 Å². The Morgan fingerprint density at radius 2 is 1.87 bits per heavy atom. The summed E-state index contributed by atoms with van der Waals surface area (Å²) in [4.78, 5) is 4.34. The molecule has 2 N–H and O–H groups in total. The fourth-order valence-electron chi connectivity index (χ4n) is 3.63. The van der Waals surface area contributed by atoms with E-state index < -0.39 is 0 Å². The number of ether oxygens (including phenoxy) is 2. The van der Waals surface area contributed by atoms with Crippen molar-refractivity contribution in [1.82, 2.24) is 10.6 Å². The first-order valence-electron chi connectivity index (χ1n) is 10.5. The van der Waals surface area contributed by atoms with E-state index in [4.69, 9.17) is 9.47 Å². The van der Waals surface area contributed by atoms with Gasteiger partial charge in [0.1, 0.15) is 0 Å². The van der Waals surface area contributed by atoms with Crippen molar-refractivity contribution >= 4 is 29.9 Å². The Kier molecular flexibility index (Phi) is 11.2. The van der Waals surface area contributed by atoms with Gasteiger partial charge in [-0.25, -0.2) is 0 Å². The summed E-state index contributed by atoms with van der Waals surface area (Å²) in [5, 5.41) is 6.79. The number of halogens is 1. The largest absolute Gasteiger partial charge is 0.375 e. The first-order chi connectivity index (χ1) is 14.3. The molecule has 2 aromatic rings. The lowest BCUT2D eigenvalue weighted by Gasteiger charge is -2.32. The summed E-state index contributed by atoms with van der Waals surface area (Å²) in [7, 11) is 1.80. The second kappa shape index (κ2) is 13.6.